The van der Waals surface area contributed by atoms with E-state index in [1.54, 1.807) is 30.1 Å². The minimum Gasteiger partial charge on any atom is -0.483 e. The molecule has 2 rings (SSSR count). The lowest BCUT2D eigenvalue weighted by Gasteiger charge is -2.21. The maximum Gasteiger partial charge on any atom is 0.290 e. The summed E-state index contributed by atoms with van der Waals surface area (Å²) in [5, 5.41) is 31.1. The summed E-state index contributed by atoms with van der Waals surface area (Å²) in [4.78, 5) is 16.7. The van der Waals surface area contributed by atoms with Crippen LogP contribution in [0.2, 0.25) is 0 Å². The van der Waals surface area contributed by atoms with Crippen molar-refractivity contribution in [1.29, 1.82) is 0 Å². The maximum atomic E-state index is 9.75. The highest BCUT2D eigenvalue weighted by Gasteiger charge is 2.19. The first-order chi connectivity index (χ1) is 9.00. The standard InChI is InChI=1S/C9H11N3O.2CH2O2/c1-9(13)4-2-3-8(7-9)12-6-5-10-11-12;2*2-1-3/h2-3,5-7,13H,4H2,1H3;2*1H,(H,2,3). The number of nitrogens with zero attached hydrogens (tertiary/aromatic N) is 3. The molecule has 1 unspecified atom stereocenters. The number of aliphatic hydroxyl groups is 1. The second-order valence-electron chi connectivity index (χ2n) is 3.59. The minimum absolute atomic E-state index is 0.250. The summed E-state index contributed by atoms with van der Waals surface area (Å²) < 4.78 is 1.63. The van der Waals surface area contributed by atoms with Crippen LogP contribution >= 0.6 is 0 Å². The van der Waals surface area contributed by atoms with Crippen molar-refractivity contribution in [3.05, 3.63) is 30.6 Å². The van der Waals surface area contributed by atoms with E-state index >= 15 is 0 Å². The van der Waals surface area contributed by atoms with Crippen molar-refractivity contribution in [3.8, 4) is 0 Å². The molecule has 0 amide bonds. The Kier molecular flexibility index (Phi) is 7.47. The molecule has 1 aliphatic carbocycles. The fourth-order valence-corrected chi connectivity index (χ4v) is 1.33. The van der Waals surface area contributed by atoms with Gasteiger partial charge in [-0.3, -0.25) is 9.59 Å². The third-order valence-corrected chi connectivity index (χ3v) is 1.97. The zero-order chi connectivity index (χ0) is 14.7. The predicted molar refractivity (Wildman–Crippen MR) is 66.1 cm³/mol. The first kappa shape index (κ1) is 16.5. The van der Waals surface area contributed by atoms with Crippen molar-refractivity contribution in [2.75, 3.05) is 0 Å². The Labute approximate surface area is 109 Å². The molecule has 0 fully saturated rings. The molecule has 0 saturated heterocycles. The van der Waals surface area contributed by atoms with Gasteiger partial charge in [0.1, 0.15) is 0 Å². The van der Waals surface area contributed by atoms with E-state index in [1.165, 1.54) is 0 Å². The highest BCUT2D eigenvalue weighted by atomic mass is 16.3. The predicted octanol–water partition coefficient (Wildman–Crippen LogP) is 0.231. The van der Waals surface area contributed by atoms with Crippen LogP contribution in [0.4, 0.5) is 0 Å². The summed E-state index contributed by atoms with van der Waals surface area (Å²) in [5.74, 6) is 0. The molecule has 0 saturated carbocycles. The van der Waals surface area contributed by atoms with Crippen LogP contribution in [0.1, 0.15) is 13.3 Å². The molecule has 1 aromatic rings. The van der Waals surface area contributed by atoms with Crippen LogP contribution < -0.4 is 0 Å². The number of hydrogen-bond acceptors (Lipinski definition) is 5. The normalized spacial score (nSPS) is 20.0. The van der Waals surface area contributed by atoms with Crippen molar-refractivity contribution in [3.63, 3.8) is 0 Å². The van der Waals surface area contributed by atoms with Gasteiger partial charge < -0.3 is 15.3 Å². The van der Waals surface area contributed by atoms with Crippen molar-refractivity contribution >= 4 is 18.6 Å². The maximum absolute atomic E-state index is 9.75. The summed E-state index contributed by atoms with van der Waals surface area (Å²) in [6.45, 7) is 1.27. The van der Waals surface area contributed by atoms with Crippen molar-refractivity contribution in [2.24, 2.45) is 0 Å². The largest absolute Gasteiger partial charge is 0.483 e. The Morgan fingerprint density at radius 1 is 1.37 bits per heavy atom. The van der Waals surface area contributed by atoms with Gasteiger partial charge in [0.05, 0.1) is 23.7 Å². The van der Waals surface area contributed by atoms with Crippen LogP contribution in [-0.2, 0) is 9.59 Å². The van der Waals surface area contributed by atoms with Crippen LogP contribution in [0.15, 0.2) is 30.6 Å². The van der Waals surface area contributed by atoms with E-state index in [-0.39, 0.29) is 12.9 Å². The van der Waals surface area contributed by atoms with Gasteiger partial charge in [0.15, 0.2) is 0 Å². The zero-order valence-corrected chi connectivity index (χ0v) is 10.2. The van der Waals surface area contributed by atoms with E-state index in [2.05, 4.69) is 10.3 Å². The second-order valence-corrected chi connectivity index (χ2v) is 3.59. The van der Waals surface area contributed by atoms with E-state index in [1.807, 2.05) is 12.2 Å². The zero-order valence-electron chi connectivity index (χ0n) is 10.2. The van der Waals surface area contributed by atoms with Gasteiger partial charge in [0.25, 0.3) is 12.9 Å². The van der Waals surface area contributed by atoms with Gasteiger partial charge in [-0.1, -0.05) is 11.3 Å². The Balaban J connectivity index is 0.000000465. The van der Waals surface area contributed by atoms with E-state index in [4.69, 9.17) is 19.8 Å². The van der Waals surface area contributed by atoms with Crippen LogP contribution in [0.3, 0.4) is 0 Å². The molecule has 1 aromatic heterocycles. The second kappa shape index (κ2) is 8.59. The molecule has 1 atom stereocenters. The van der Waals surface area contributed by atoms with E-state index in [0.29, 0.717) is 6.42 Å². The average Bonchev–Trinajstić information content (AvgIpc) is 2.83. The Bertz CT molecular complexity index is 431. The molecule has 0 aromatic carbocycles. The number of hydrogen-bond donors (Lipinski definition) is 3. The van der Waals surface area contributed by atoms with Crippen molar-refractivity contribution < 1.29 is 24.9 Å². The van der Waals surface area contributed by atoms with Gasteiger partial charge in [0.2, 0.25) is 0 Å². The minimum atomic E-state index is -0.768. The Morgan fingerprint density at radius 2 is 1.95 bits per heavy atom. The summed E-state index contributed by atoms with van der Waals surface area (Å²) >= 11 is 0. The molecule has 0 spiro atoms. The number of carboxylic acid groups (broad SMARTS) is 2. The molecule has 8 heteroatoms. The van der Waals surface area contributed by atoms with Crippen molar-refractivity contribution in [2.45, 2.75) is 18.9 Å². The quantitative estimate of drug-likeness (QED) is 0.623. The summed E-state index contributed by atoms with van der Waals surface area (Å²) in [6, 6.07) is 0. The van der Waals surface area contributed by atoms with Gasteiger partial charge in [0, 0.05) is 0 Å². The molecule has 0 radical (unpaired) electrons. The smallest absolute Gasteiger partial charge is 0.290 e. The van der Waals surface area contributed by atoms with Crippen molar-refractivity contribution in [1.82, 2.24) is 15.0 Å². The first-order valence-corrected chi connectivity index (χ1v) is 5.15. The Hall–Kier alpha value is -2.48. The number of rotatable bonds is 1. The third kappa shape index (κ3) is 6.74. The van der Waals surface area contributed by atoms with Gasteiger partial charge in [-0.15, -0.1) is 5.10 Å². The van der Waals surface area contributed by atoms with Gasteiger partial charge in [-0.25, -0.2) is 4.68 Å². The molecule has 1 aliphatic rings. The SMILES string of the molecule is CC1(O)C=C(n2ccnn2)C=CC1.O=CO.O=CO. The monoisotopic (exact) mass is 269 g/mol. The van der Waals surface area contributed by atoms with E-state index in [0.717, 1.165) is 5.70 Å². The lowest BCUT2D eigenvalue weighted by molar-refractivity contribution is -0.123. The topological polar surface area (TPSA) is 126 Å². The number of aromatic nitrogens is 3. The van der Waals surface area contributed by atoms with Crippen LogP contribution in [0.25, 0.3) is 5.70 Å². The molecule has 3 N–H and O–H groups in total. The molecule has 0 aliphatic heterocycles. The number of carbonyl (C=O) groups is 2. The van der Waals surface area contributed by atoms with E-state index < -0.39 is 5.60 Å². The highest BCUT2D eigenvalue weighted by molar-refractivity contribution is 5.59. The highest BCUT2D eigenvalue weighted by Crippen LogP contribution is 2.22. The first-order valence-electron chi connectivity index (χ1n) is 5.15. The van der Waals surface area contributed by atoms with Gasteiger partial charge >= 0.3 is 0 Å². The molecule has 8 nitrogen and oxygen atoms in total. The summed E-state index contributed by atoms with van der Waals surface area (Å²) in [5.41, 5.74) is 0.0875. The lowest BCUT2D eigenvalue weighted by Crippen LogP contribution is -2.23. The lowest BCUT2D eigenvalue weighted by atomic mass is 9.96. The fourth-order valence-electron chi connectivity index (χ4n) is 1.33. The molecule has 1 heterocycles. The van der Waals surface area contributed by atoms with E-state index in [9.17, 15) is 5.11 Å². The molecule has 0 bridgehead atoms. The fraction of sp³-hybridized carbons (Fsp3) is 0.273. The van der Waals surface area contributed by atoms with Crippen LogP contribution in [0, 0.1) is 0 Å². The molecular weight excluding hydrogens is 254 g/mol. The molecule has 104 valence electrons. The van der Waals surface area contributed by atoms with Gasteiger partial charge in [-0.05, 0) is 25.5 Å². The summed E-state index contributed by atoms with van der Waals surface area (Å²) in [6.07, 6.45) is 9.63. The van der Waals surface area contributed by atoms with Gasteiger partial charge in [-0.2, -0.15) is 0 Å². The Morgan fingerprint density at radius 3 is 2.37 bits per heavy atom. The summed E-state index contributed by atoms with van der Waals surface area (Å²) in [7, 11) is 0. The average molecular weight is 269 g/mol. The molecular formula is C11H15N3O5. The number of allylic oxidation sites excluding steroid dienone is 2. The van der Waals surface area contributed by atoms with Crippen LogP contribution in [-0.4, -0.2) is 48.9 Å². The molecule has 19 heavy (non-hydrogen) atoms. The third-order valence-electron chi connectivity index (χ3n) is 1.97. The van der Waals surface area contributed by atoms with Crippen LogP contribution in [0.5, 0.6) is 0 Å².